The number of hydrogen-bond donors (Lipinski definition) is 1. The van der Waals surface area contributed by atoms with Crippen LogP contribution >= 0.6 is 7.14 Å². The first-order valence-electron chi connectivity index (χ1n) is 10.4. The van der Waals surface area contributed by atoms with Gasteiger partial charge in [0.2, 0.25) is 5.88 Å². The number of aromatic nitrogens is 4. The van der Waals surface area contributed by atoms with Crippen LogP contribution < -0.4 is 15.4 Å². The number of rotatable bonds is 6. The van der Waals surface area contributed by atoms with Crippen molar-refractivity contribution in [3.8, 4) is 17.3 Å². The standard InChI is InChI=1S/C23H17F5N5O3P/c1-37(2,35)19-11-29-12-30-22(19)36-18-8-5-14(9-17(18)25)32-21(34)16-10-31-33(20(16)23(26,27)28)15-6-3-13(24)4-7-15/h3-12H,1-2H3,(H,32,34). The fourth-order valence-corrected chi connectivity index (χ4v) is 4.20. The monoisotopic (exact) mass is 537 g/mol. The summed E-state index contributed by atoms with van der Waals surface area (Å²) in [6.45, 7) is 2.92. The molecule has 0 bridgehead atoms. The molecule has 37 heavy (non-hydrogen) atoms. The lowest BCUT2D eigenvalue weighted by Gasteiger charge is -2.14. The van der Waals surface area contributed by atoms with Gasteiger partial charge in [-0.1, -0.05) is 0 Å². The van der Waals surface area contributed by atoms with Crippen molar-refractivity contribution in [2.45, 2.75) is 6.18 Å². The summed E-state index contributed by atoms with van der Waals surface area (Å²) in [5, 5.41) is 6.02. The Balaban J connectivity index is 1.60. The SMILES string of the molecule is CP(C)(=O)c1cncnc1Oc1ccc(NC(=O)c2cnn(-c3ccc(F)cc3)c2C(F)(F)F)cc1F. The molecule has 192 valence electrons. The van der Waals surface area contributed by atoms with Crippen molar-refractivity contribution < 1.29 is 36.0 Å². The molecule has 2 aromatic carbocycles. The van der Waals surface area contributed by atoms with Crippen molar-refractivity contribution in [2.24, 2.45) is 0 Å². The number of carbonyl (C=O) groups is 1. The maximum Gasteiger partial charge on any atom is 0.434 e. The summed E-state index contributed by atoms with van der Waals surface area (Å²) in [5.41, 5.74) is -2.51. The van der Waals surface area contributed by atoms with Gasteiger partial charge in [0.15, 0.2) is 17.3 Å². The van der Waals surface area contributed by atoms with Crippen molar-refractivity contribution in [1.82, 2.24) is 19.7 Å². The molecule has 0 unspecified atom stereocenters. The average Bonchev–Trinajstić information content (AvgIpc) is 3.27. The predicted molar refractivity (Wildman–Crippen MR) is 124 cm³/mol. The number of halogens is 5. The highest BCUT2D eigenvalue weighted by Crippen LogP contribution is 2.39. The van der Waals surface area contributed by atoms with Crippen LogP contribution in [0.2, 0.25) is 0 Å². The van der Waals surface area contributed by atoms with Crippen LogP contribution in [0.25, 0.3) is 5.69 Å². The minimum absolute atomic E-state index is 0.117. The molecule has 0 saturated heterocycles. The highest BCUT2D eigenvalue weighted by atomic mass is 31.2. The van der Waals surface area contributed by atoms with E-state index in [-0.39, 0.29) is 28.3 Å². The Morgan fingerprint density at radius 1 is 1.05 bits per heavy atom. The van der Waals surface area contributed by atoms with E-state index in [2.05, 4.69) is 20.4 Å². The maximum atomic E-state index is 14.7. The predicted octanol–water partition coefficient (Wildman–Crippen LogP) is 5.25. The lowest BCUT2D eigenvalue weighted by molar-refractivity contribution is -0.143. The van der Waals surface area contributed by atoms with Crippen molar-refractivity contribution in [2.75, 3.05) is 18.6 Å². The fraction of sp³-hybridized carbons (Fsp3) is 0.130. The van der Waals surface area contributed by atoms with E-state index < -0.39 is 42.1 Å². The van der Waals surface area contributed by atoms with E-state index in [1.165, 1.54) is 25.6 Å². The molecule has 14 heteroatoms. The molecule has 0 saturated carbocycles. The van der Waals surface area contributed by atoms with E-state index in [9.17, 15) is 31.3 Å². The number of carbonyl (C=O) groups excluding carboxylic acids is 1. The molecule has 4 aromatic rings. The lowest BCUT2D eigenvalue weighted by atomic mass is 10.2. The topological polar surface area (TPSA) is 99.0 Å². The lowest BCUT2D eigenvalue weighted by Crippen LogP contribution is -2.20. The van der Waals surface area contributed by atoms with Crippen LogP contribution in [0.5, 0.6) is 11.6 Å². The van der Waals surface area contributed by atoms with Crippen LogP contribution in [0.4, 0.5) is 27.6 Å². The Bertz CT molecular complexity index is 1520. The van der Waals surface area contributed by atoms with Gasteiger partial charge >= 0.3 is 6.18 Å². The molecule has 2 aromatic heterocycles. The number of ether oxygens (including phenoxy) is 1. The summed E-state index contributed by atoms with van der Waals surface area (Å²) in [7, 11) is -2.86. The van der Waals surface area contributed by atoms with E-state index in [1.807, 2.05) is 0 Å². The van der Waals surface area contributed by atoms with Crippen LogP contribution in [0.3, 0.4) is 0 Å². The van der Waals surface area contributed by atoms with Gasteiger partial charge < -0.3 is 14.6 Å². The Morgan fingerprint density at radius 3 is 2.38 bits per heavy atom. The number of nitrogens with zero attached hydrogens (tertiary/aromatic N) is 4. The highest BCUT2D eigenvalue weighted by molar-refractivity contribution is 7.70. The highest BCUT2D eigenvalue weighted by Gasteiger charge is 2.40. The summed E-state index contributed by atoms with van der Waals surface area (Å²) < 4.78 is 87.7. The van der Waals surface area contributed by atoms with Gasteiger partial charge in [-0.2, -0.15) is 18.3 Å². The largest absolute Gasteiger partial charge is 0.435 e. The minimum atomic E-state index is -4.99. The van der Waals surface area contributed by atoms with Crippen molar-refractivity contribution in [1.29, 1.82) is 0 Å². The summed E-state index contributed by atoms with van der Waals surface area (Å²) in [6, 6.07) is 7.22. The van der Waals surface area contributed by atoms with Gasteiger partial charge in [-0.3, -0.25) is 4.79 Å². The number of alkyl halides is 3. The van der Waals surface area contributed by atoms with Crippen LogP contribution in [0.1, 0.15) is 16.1 Å². The number of amides is 1. The molecule has 0 aliphatic carbocycles. The second-order valence-electron chi connectivity index (χ2n) is 8.06. The van der Waals surface area contributed by atoms with Gasteiger partial charge in [-0.05, 0) is 49.7 Å². The third-order valence-electron chi connectivity index (χ3n) is 4.99. The van der Waals surface area contributed by atoms with E-state index in [0.29, 0.717) is 10.9 Å². The first kappa shape index (κ1) is 26.0. The van der Waals surface area contributed by atoms with Crippen LogP contribution in [0, 0.1) is 11.6 Å². The van der Waals surface area contributed by atoms with Crippen LogP contribution in [-0.4, -0.2) is 39.0 Å². The van der Waals surface area contributed by atoms with E-state index in [1.54, 1.807) is 0 Å². The Morgan fingerprint density at radius 2 is 1.76 bits per heavy atom. The number of hydrogen-bond acceptors (Lipinski definition) is 6. The zero-order valence-electron chi connectivity index (χ0n) is 19.1. The first-order valence-corrected chi connectivity index (χ1v) is 13.0. The summed E-state index contributed by atoms with van der Waals surface area (Å²) in [5.74, 6) is -3.29. The van der Waals surface area contributed by atoms with E-state index in [4.69, 9.17) is 4.74 Å². The molecule has 0 fully saturated rings. The molecule has 0 aliphatic rings. The number of nitrogens with one attached hydrogen (secondary N) is 1. The fourth-order valence-electron chi connectivity index (χ4n) is 3.29. The van der Waals surface area contributed by atoms with Crippen molar-refractivity contribution in [3.63, 3.8) is 0 Å². The Hall–Kier alpha value is -4.12. The zero-order chi connectivity index (χ0) is 27.0. The molecule has 0 aliphatic heterocycles. The minimum Gasteiger partial charge on any atom is -0.435 e. The van der Waals surface area contributed by atoms with Gasteiger partial charge in [0.1, 0.15) is 19.3 Å². The van der Waals surface area contributed by atoms with Crippen molar-refractivity contribution >= 4 is 24.0 Å². The second-order valence-corrected chi connectivity index (χ2v) is 11.2. The normalized spacial score (nSPS) is 11.9. The molecule has 2 heterocycles. The number of anilines is 1. The Kier molecular flexibility index (Phi) is 6.83. The van der Waals surface area contributed by atoms with Gasteiger partial charge in [-0.15, -0.1) is 0 Å². The molecule has 4 rings (SSSR count). The molecule has 8 nitrogen and oxygen atoms in total. The zero-order valence-corrected chi connectivity index (χ0v) is 20.0. The maximum absolute atomic E-state index is 14.7. The van der Waals surface area contributed by atoms with Gasteiger partial charge in [-0.25, -0.2) is 23.4 Å². The molecule has 0 radical (unpaired) electrons. The quantitative estimate of drug-likeness (QED) is 0.267. The van der Waals surface area contributed by atoms with Gasteiger partial charge in [0, 0.05) is 18.0 Å². The third-order valence-corrected chi connectivity index (χ3v) is 6.45. The third kappa shape index (κ3) is 5.67. The molecule has 1 amide bonds. The average molecular weight is 537 g/mol. The van der Waals surface area contributed by atoms with Crippen molar-refractivity contribution in [3.05, 3.63) is 84.1 Å². The summed E-state index contributed by atoms with van der Waals surface area (Å²) in [6.07, 6.45) is -1.86. The van der Waals surface area contributed by atoms with E-state index in [0.717, 1.165) is 42.7 Å². The van der Waals surface area contributed by atoms with Gasteiger partial charge in [0.25, 0.3) is 5.91 Å². The molecule has 0 spiro atoms. The first-order chi connectivity index (χ1) is 17.3. The van der Waals surface area contributed by atoms with Crippen LogP contribution in [-0.2, 0) is 10.7 Å². The smallest absolute Gasteiger partial charge is 0.434 e. The van der Waals surface area contributed by atoms with Crippen LogP contribution in [0.15, 0.2) is 61.2 Å². The summed E-state index contributed by atoms with van der Waals surface area (Å²) in [4.78, 5) is 20.4. The molecular weight excluding hydrogens is 520 g/mol. The second kappa shape index (κ2) is 9.74. The molecule has 0 atom stereocenters. The van der Waals surface area contributed by atoms with Gasteiger partial charge in [0.05, 0.1) is 22.8 Å². The summed E-state index contributed by atoms with van der Waals surface area (Å²) >= 11 is 0. The molecular formula is C23H17F5N5O3P. The Labute approximate surface area is 206 Å². The number of benzene rings is 2. The van der Waals surface area contributed by atoms with E-state index >= 15 is 0 Å². The molecule has 1 N–H and O–H groups in total.